The number of rotatable bonds is 2. The highest BCUT2D eigenvalue weighted by atomic mass is 32.2. The van der Waals surface area contributed by atoms with E-state index in [2.05, 4.69) is 12.2 Å². The van der Waals surface area contributed by atoms with Crippen molar-refractivity contribution in [1.29, 1.82) is 0 Å². The van der Waals surface area contributed by atoms with E-state index in [1.54, 1.807) is 0 Å². The molecule has 1 saturated carbocycles. The quantitative estimate of drug-likeness (QED) is 0.808. The Bertz CT molecular complexity index is 383. The fourth-order valence-electron chi connectivity index (χ4n) is 2.73. The number of amides is 1. The van der Waals surface area contributed by atoms with Crippen LogP contribution in [0, 0.1) is 11.8 Å². The van der Waals surface area contributed by atoms with E-state index in [1.807, 2.05) is 0 Å². The highest BCUT2D eigenvalue weighted by molar-refractivity contribution is 7.91. The second kappa shape index (κ2) is 4.96. The van der Waals surface area contributed by atoms with Crippen LogP contribution in [0.2, 0.25) is 0 Å². The molecule has 1 aliphatic heterocycles. The zero-order chi connectivity index (χ0) is 12.5. The van der Waals surface area contributed by atoms with Gasteiger partial charge in [-0.3, -0.25) is 4.79 Å². The lowest BCUT2D eigenvalue weighted by Crippen LogP contribution is -2.41. The van der Waals surface area contributed by atoms with Crippen molar-refractivity contribution in [3.63, 3.8) is 0 Å². The van der Waals surface area contributed by atoms with Gasteiger partial charge in [-0.25, -0.2) is 8.42 Å². The Morgan fingerprint density at radius 1 is 1.12 bits per heavy atom. The molecule has 5 heteroatoms. The number of nitrogens with one attached hydrogen (secondary N) is 1. The van der Waals surface area contributed by atoms with Crippen LogP contribution in [0.5, 0.6) is 0 Å². The molecule has 2 aliphatic rings. The summed E-state index contributed by atoms with van der Waals surface area (Å²) < 4.78 is 22.6. The van der Waals surface area contributed by atoms with Gasteiger partial charge in [0.1, 0.15) is 0 Å². The summed E-state index contributed by atoms with van der Waals surface area (Å²) in [6, 6.07) is 0.266. The van der Waals surface area contributed by atoms with Gasteiger partial charge in [-0.05, 0) is 38.0 Å². The second-order valence-corrected chi connectivity index (χ2v) is 7.79. The van der Waals surface area contributed by atoms with Crippen LogP contribution in [0.15, 0.2) is 0 Å². The highest BCUT2D eigenvalue weighted by Crippen LogP contribution is 2.24. The third-order valence-electron chi connectivity index (χ3n) is 3.97. The predicted molar refractivity (Wildman–Crippen MR) is 66.3 cm³/mol. The first-order valence-corrected chi connectivity index (χ1v) is 8.29. The maximum Gasteiger partial charge on any atom is 0.224 e. The van der Waals surface area contributed by atoms with Gasteiger partial charge < -0.3 is 5.32 Å². The van der Waals surface area contributed by atoms with E-state index in [1.165, 1.54) is 0 Å². The third kappa shape index (κ3) is 3.44. The molecule has 2 rings (SSSR count). The van der Waals surface area contributed by atoms with Crippen molar-refractivity contribution in [3.8, 4) is 0 Å². The lowest BCUT2D eigenvalue weighted by atomic mass is 9.87. The van der Waals surface area contributed by atoms with Crippen LogP contribution in [0.3, 0.4) is 0 Å². The van der Waals surface area contributed by atoms with E-state index < -0.39 is 9.84 Å². The lowest BCUT2D eigenvalue weighted by molar-refractivity contribution is -0.125. The molecule has 1 unspecified atom stereocenters. The molecule has 1 atom stereocenters. The number of carbonyl (C=O) groups is 1. The van der Waals surface area contributed by atoms with E-state index >= 15 is 0 Å². The maximum absolute atomic E-state index is 11.9. The van der Waals surface area contributed by atoms with Crippen molar-refractivity contribution in [1.82, 2.24) is 5.32 Å². The lowest BCUT2D eigenvalue weighted by Gasteiger charge is -2.27. The van der Waals surface area contributed by atoms with Gasteiger partial charge in [-0.1, -0.05) is 6.92 Å². The summed E-state index contributed by atoms with van der Waals surface area (Å²) in [4.78, 5) is 11.9. The topological polar surface area (TPSA) is 63.2 Å². The van der Waals surface area contributed by atoms with Crippen LogP contribution in [-0.2, 0) is 14.6 Å². The van der Waals surface area contributed by atoms with E-state index in [-0.39, 0.29) is 29.4 Å². The minimum Gasteiger partial charge on any atom is -0.353 e. The standard InChI is InChI=1S/C12H21NO3S/c1-9-2-4-11(5-3-9)13-12(14)10-6-7-17(15,16)8-10/h9-11H,2-8H2,1H3,(H,13,14). The van der Waals surface area contributed by atoms with Gasteiger partial charge in [0.05, 0.1) is 17.4 Å². The Morgan fingerprint density at radius 2 is 1.76 bits per heavy atom. The average Bonchev–Trinajstić information content (AvgIpc) is 2.62. The minimum atomic E-state index is -2.95. The Labute approximate surface area is 103 Å². The molecule has 4 nitrogen and oxygen atoms in total. The van der Waals surface area contributed by atoms with E-state index in [9.17, 15) is 13.2 Å². The molecule has 98 valence electrons. The molecular formula is C12H21NO3S. The predicted octanol–water partition coefficient (Wildman–Crippen LogP) is 1.12. The van der Waals surface area contributed by atoms with Crippen LogP contribution in [0.1, 0.15) is 39.0 Å². The van der Waals surface area contributed by atoms with Crippen molar-refractivity contribution >= 4 is 15.7 Å². The third-order valence-corrected chi connectivity index (χ3v) is 5.73. The van der Waals surface area contributed by atoms with E-state index in [0.717, 1.165) is 31.6 Å². The number of hydrogen-bond donors (Lipinski definition) is 1. The summed E-state index contributed by atoms with van der Waals surface area (Å²) in [7, 11) is -2.95. The summed E-state index contributed by atoms with van der Waals surface area (Å²) in [6.45, 7) is 2.24. The van der Waals surface area contributed by atoms with Gasteiger partial charge in [-0.2, -0.15) is 0 Å². The largest absolute Gasteiger partial charge is 0.353 e. The highest BCUT2D eigenvalue weighted by Gasteiger charge is 2.34. The normalized spacial score (nSPS) is 36.6. The zero-order valence-electron chi connectivity index (χ0n) is 10.3. The molecule has 1 N–H and O–H groups in total. The Morgan fingerprint density at radius 3 is 2.29 bits per heavy atom. The zero-order valence-corrected chi connectivity index (χ0v) is 11.1. The number of hydrogen-bond acceptors (Lipinski definition) is 3. The van der Waals surface area contributed by atoms with Gasteiger partial charge in [0.15, 0.2) is 9.84 Å². The fourth-order valence-corrected chi connectivity index (χ4v) is 4.47. The van der Waals surface area contributed by atoms with Crippen LogP contribution in [0.25, 0.3) is 0 Å². The number of sulfone groups is 1. The Hall–Kier alpha value is -0.580. The van der Waals surface area contributed by atoms with E-state index in [0.29, 0.717) is 6.42 Å². The molecular weight excluding hydrogens is 238 g/mol. The van der Waals surface area contributed by atoms with Crippen LogP contribution in [-0.4, -0.2) is 31.9 Å². The summed E-state index contributed by atoms with van der Waals surface area (Å²) in [5.41, 5.74) is 0. The molecule has 1 saturated heterocycles. The van der Waals surface area contributed by atoms with Gasteiger partial charge >= 0.3 is 0 Å². The molecule has 1 amide bonds. The van der Waals surface area contributed by atoms with Crippen LogP contribution in [0.4, 0.5) is 0 Å². The van der Waals surface area contributed by atoms with E-state index in [4.69, 9.17) is 0 Å². The summed E-state index contributed by atoms with van der Waals surface area (Å²) in [6.07, 6.45) is 4.89. The molecule has 0 spiro atoms. The van der Waals surface area contributed by atoms with Crippen LogP contribution < -0.4 is 5.32 Å². The van der Waals surface area contributed by atoms with Gasteiger partial charge in [0, 0.05) is 6.04 Å². The molecule has 0 bridgehead atoms. The second-order valence-electron chi connectivity index (χ2n) is 5.57. The first-order chi connectivity index (χ1) is 7.96. The first kappa shape index (κ1) is 12.9. The monoisotopic (exact) mass is 259 g/mol. The van der Waals surface area contributed by atoms with Crippen molar-refractivity contribution in [2.24, 2.45) is 11.8 Å². The Kier molecular flexibility index (Phi) is 3.76. The average molecular weight is 259 g/mol. The number of carbonyl (C=O) groups excluding carboxylic acids is 1. The maximum atomic E-state index is 11.9. The smallest absolute Gasteiger partial charge is 0.224 e. The minimum absolute atomic E-state index is 0.0436. The first-order valence-electron chi connectivity index (χ1n) is 6.47. The van der Waals surface area contributed by atoms with Crippen molar-refractivity contribution in [2.45, 2.75) is 45.1 Å². The summed E-state index contributed by atoms with van der Waals surface area (Å²) in [5, 5.41) is 3.02. The molecule has 2 fully saturated rings. The molecule has 0 aromatic heterocycles. The molecule has 0 aromatic carbocycles. The van der Waals surface area contributed by atoms with Gasteiger partial charge in [0.25, 0.3) is 0 Å². The van der Waals surface area contributed by atoms with Gasteiger partial charge in [0.2, 0.25) is 5.91 Å². The van der Waals surface area contributed by atoms with Crippen molar-refractivity contribution in [2.75, 3.05) is 11.5 Å². The molecule has 1 aliphatic carbocycles. The summed E-state index contributed by atoms with van der Waals surface area (Å²) >= 11 is 0. The molecule has 17 heavy (non-hydrogen) atoms. The SMILES string of the molecule is CC1CCC(NC(=O)C2CCS(=O)(=O)C2)CC1. The summed E-state index contributed by atoms with van der Waals surface area (Å²) in [5.74, 6) is 0.620. The molecule has 1 heterocycles. The van der Waals surface area contributed by atoms with Crippen LogP contribution >= 0.6 is 0 Å². The van der Waals surface area contributed by atoms with Crippen molar-refractivity contribution in [3.05, 3.63) is 0 Å². The Balaban J connectivity index is 1.82. The van der Waals surface area contributed by atoms with Gasteiger partial charge in [-0.15, -0.1) is 0 Å². The molecule has 0 radical (unpaired) electrons. The molecule has 0 aromatic rings. The van der Waals surface area contributed by atoms with Crippen molar-refractivity contribution < 1.29 is 13.2 Å². The fraction of sp³-hybridized carbons (Fsp3) is 0.917.